The summed E-state index contributed by atoms with van der Waals surface area (Å²) in [6.45, 7) is 8.69. The topological polar surface area (TPSA) is 61.9 Å². The van der Waals surface area contributed by atoms with Gasteiger partial charge in [-0.05, 0) is 20.8 Å². The van der Waals surface area contributed by atoms with Gasteiger partial charge in [-0.2, -0.15) is 0 Å². The van der Waals surface area contributed by atoms with Crippen molar-refractivity contribution in [1.29, 1.82) is 0 Å². The minimum atomic E-state index is -0.151. The molecule has 6 heteroatoms. The average molecular weight is 271 g/mol. The molecule has 0 radical (unpaired) electrons. The molecule has 0 aliphatic carbocycles. The smallest absolute Gasteiger partial charge is 0.248 e. The first kappa shape index (κ1) is 15.9. The molecule has 0 bridgehead atoms. The molecule has 19 heavy (non-hydrogen) atoms. The van der Waals surface area contributed by atoms with Crippen LogP contribution in [0.3, 0.4) is 0 Å². The first-order chi connectivity index (χ1) is 8.95. The number of piperazine rings is 1. The fraction of sp³-hybridized carbons (Fsp3) is 0.846. The van der Waals surface area contributed by atoms with E-state index in [-0.39, 0.29) is 30.5 Å². The lowest BCUT2D eigenvalue weighted by Gasteiger charge is -2.37. The van der Waals surface area contributed by atoms with E-state index in [0.29, 0.717) is 13.1 Å². The second kappa shape index (κ2) is 7.45. The number of nitrogens with one attached hydrogen (secondary N) is 1. The molecule has 6 nitrogen and oxygen atoms in total. The van der Waals surface area contributed by atoms with Gasteiger partial charge < -0.3 is 15.0 Å². The van der Waals surface area contributed by atoms with Crippen molar-refractivity contribution in [2.45, 2.75) is 32.9 Å². The van der Waals surface area contributed by atoms with Crippen molar-refractivity contribution in [3.05, 3.63) is 0 Å². The molecular weight excluding hydrogens is 246 g/mol. The minimum Gasteiger partial charge on any atom is -0.375 e. The van der Waals surface area contributed by atoms with Crippen LogP contribution in [-0.2, 0) is 14.3 Å². The van der Waals surface area contributed by atoms with Crippen LogP contribution in [0.5, 0.6) is 0 Å². The van der Waals surface area contributed by atoms with Crippen LogP contribution in [0.25, 0.3) is 0 Å². The lowest BCUT2D eigenvalue weighted by Crippen LogP contribution is -2.55. The Balaban J connectivity index is 2.40. The zero-order valence-electron chi connectivity index (χ0n) is 12.3. The summed E-state index contributed by atoms with van der Waals surface area (Å²) in [5.74, 6) is 0.0631. The third-order valence-electron chi connectivity index (χ3n) is 3.29. The van der Waals surface area contributed by atoms with Crippen LogP contribution in [0, 0.1) is 0 Å². The van der Waals surface area contributed by atoms with Crippen molar-refractivity contribution >= 4 is 11.8 Å². The van der Waals surface area contributed by atoms with Crippen LogP contribution in [0.2, 0.25) is 0 Å². The molecule has 1 aliphatic rings. The molecule has 0 saturated carbocycles. The Hall–Kier alpha value is -1.14. The number of carbonyl (C=O) groups excluding carboxylic acids is 2. The monoisotopic (exact) mass is 271 g/mol. The van der Waals surface area contributed by atoms with Crippen LogP contribution in [0.15, 0.2) is 0 Å². The van der Waals surface area contributed by atoms with Crippen molar-refractivity contribution in [2.24, 2.45) is 0 Å². The SMILES string of the molecule is COCC(=O)N1CCN([C@H](C)C(=O)NC(C)C)CC1. The van der Waals surface area contributed by atoms with Gasteiger partial charge >= 0.3 is 0 Å². The van der Waals surface area contributed by atoms with Gasteiger partial charge in [0.15, 0.2) is 0 Å². The van der Waals surface area contributed by atoms with Gasteiger partial charge in [-0.25, -0.2) is 0 Å². The van der Waals surface area contributed by atoms with E-state index < -0.39 is 0 Å². The lowest BCUT2D eigenvalue weighted by molar-refractivity contribution is -0.137. The highest BCUT2D eigenvalue weighted by Gasteiger charge is 2.27. The van der Waals surface area contributed by atoms with E-state index in [1.54, 1.807) is 4.90 Å². The molecule has 0 spiro atoms. The van der Waals surface area contributed by atoms with E-state index in [2.05, 4.69) is 10.2 Å². The van der Waals surface area contributed by atoms with Gasteiger partial charge in [-0.1, -0.05) is 0 Å². The minimum absolute atomic E-state index is 0.0152. The fourth-order valence-electron chi connectivity index (χ4n) is 2.14. The van der Waals surface area contributed by atoms with Crippen LogP contribution in [-0.4, -0.2) is 73.6 Å². The van der Waals surface area contributed by atoms with Gasteiger partial charge in [0.1, 0.15) is 6.61 Å². The van der Waals surface area contributed by atoms with Gasteiger partial charge in [0.05, 0.1) is 6.04 Å². The zero-order chi connectivity index (χ0) is 14.4. The maximum atomic E-state index is 11.9. The Kier molecular flexibility index (Phi) is 6.24. The van der Waals surface area contributed by atoms with E-state index in [9.17, 15) is 9.59 Å². The normalized spacial score (nSPS) is 18.5. The number of hydrogen-bond acceptors (Lipinski definition) is 4. The van der Waals surface area contributed by atoms with E-state index in [0.717, 1.165) is 13.1 Å². The Labute approximate surface area is 115 Å². The van der Waals surface area contributed by atoms with Gasteiger partial charge in [0.2, 0.25) is 11.8 Å². The number of ether oxygens (including phenoxy) is 1. The summed E-state index contributed by atoms with van der Waals surface area (Å²) in [5, 5.41) is 2.91. The summed E-state index contributed by atoms with van der Waals surface area (Å²) in [4.78, 5) is 27.5. The Morgan fingerprint density at radius 1 is 1.16 bits per heavy atom. The third-order valence-corrected chi connectivity index (χ3v) is 3.29. The van der Waals surface area contributed by atoms with E-state index >= 15 is 0 Å². The Morgan fingerprint density at radius 2 is 1.74 bits per heavy atom. The highest BCUT2D eigenvalue weighted by Crippen LogP contribution is 2.07. The molecule has 1 heterocycles. The molecule has 0 aromatic rings. The van der Waals surface area contributed by atoms with Crippen molar-refractivity contribution in [2.75, 3.05) is 39.9 Å². The number of amides is 2. The molecule has 0 unspecified atom stereocenters. The van der Waals surface area contributed by atoms with Crippen LogP contribution in [0.1, 0.15) is 20.8 Å². The second-order valence-electron chi connectivity index (χ2n) is 5.19. The van der Waals surface area contributed by atoms with Crippen molar-refractivity contribution in [1.82, 2.24) is 15.1 Å². The molecule has 2 amide bonds. The quantitative estimate of drug-likeness (QED) is 0.745. The maximum Gasteiger partial charge on any atom is 0.248 e. The summed E-state index contributed by atoms with van der Waals surface area (Å²) >= 11 is 0. The molecule has 1 aliphatic heterocycles. The number of nitrogens with zero attached hydrogens (tertiary/aromatic N) is 2. The molecular formula is C13H25N3O3. The maximum absolute atomic E-state index is 11.9. The molecule has 1 saturated heterocycles. The lowest BCUT2D eigenvalue weighted by atomic mass is 10.2. The second-order valence-corrected chi connectivity index (χ2v) is 5.19. The molecule has 110 valence electrons. The zero-order valence-corrected chi connectivity index (χ0v) is 12.3. The summed E-state index contributed by atoms with van der Waals surface area (Å²) in [6.07, 6.45) is 0. The largest absolute Gasteiger partial charge is 0.375 e. The van der Waals surface area contributed by atoms with E-state index in [1.807, 2.05) is 20.8 Å². The fourth-order valence-corrected chi connectivity index (χ4v) is 2.14. The third kappa shape index (κ3) is 4.80. The summed E-state index contributed by atoms with van der Waals surface area (Å²) in [7, 11) is 1.52. The van der Waals surface area contributed by atoms with E-state index in [4.69, 9.17) is 4.74 Å². The van der Waals surface area contributed by atoms with Crippen molar-refractivity contribution in [3.63, 3.8) is 0 Å². The van der Waals surface area contributed by atoms with Crippen LogP contribution in [0.4, 0.5) is 0 Å². The van der Waals surface area contributed by atoms with Crippen molar-refractivity contribution < 1.29 is 14.3 Å². The van der Waals surface area contributed by atoms with E-state index in [1.165, 1.54) is 7.11 Å². The van der Waals surface area contributed by atoms with Crippen LogP contribution >= 0.6 is 0 Å². The number of carbonyl (C=O) groups is 2. The predicted molar refractivity (Wildman–Crippen MR) is 72.8 cm³/mol. The summed E-state index contributed by atoms with van der Waals surface area (Å²) < 4.78 is 4.84. The average Bonchev–Trinajstić information content (AvgIpc) is 2.37. The first-order valence-electron chi connectivity index (χ1n) is 6.76. The number of hydrogen-bond donors (Lipinski definition) is 1. The molecule has 1 N–H and O–H groups in total. The molecule has 0 aromatic carbocycles. The van der Waals surface area contributed by atoms with Crippen molar-refractivity contribution in [3.8, 4) is 0 Å². The van der Waals surface area contributed by atoms with Gasteiger partial charge in [-0.15, -0.1) is 0 Å². The van der Waals surface area contributed by atoms with Crippen LogP contribution < -0.4 is 5.32 Å². The van der Waals surface area contributed by atoms with Gasteiger partial charge in [0.25, 0.3) is 0 Å². The van der Waals surface area contributed by atoms with Gasteiger partial charge in [-0.3, -0.25) is 14.5 Å². The number of methoxy groups -OCH3 is 1. The number of rotatable bonds is 5. The Morgan fingerprint density at radius 3 is 2.21 bits per heavy atom. The first-order valence-corrected chi connectivity index (χ1v) is 6.76. The molecule has 1 rings (SSSR count). The Bertz CT molecular complexity index is 312. The molecule has 0 aromatic heterocycles. The highest BCUT2D eigenvalue weighted by molar-refractivity contribution is 5.81. The highest BCUT2D eigenvalue weighted by atomic mass is 16.5. The molecule has 1 atom stereocenters. The van der Waals surface area contributed by atoms with Gasteiger partial charge in [0, 0.05) is 39.3 Å². The standard InChI is InChI=1S/C13H25N3O3/c1-10(2)14-13(18)11(3)15-5-7-16(8-6-15)12(17)9-19-4/h10-11H,5-9H2,1-4H3,(H,14,18)/t11-/m1/s1. The predicted octanol–water partition coefficient (Wildman–Crippen LogP) is -0.310. The summed E-state index contributed by atoms with van der Waals surface area (Å²) in [6, 6.07) is 0.00148. The molecule has 1 fully saturated rings. The summed E-state index contributed by atoms with van der Waals surface area (Å²) in [5.41, 5.74) is 0.